The van der Waals surface area contributed by atoms with Crippen LogP contribution in [0.15, 0.2) is 12.5 Å². The van der Waals surface area contributed by atoms with Crippen molar-refractivity contribution in [1.82, 2.24) is 14.5 Å². The molecule has 0 aliphatic heterocycles. The van der Waals surface area contributed by atoms with Crippen LogP contribution in [-0.2, 0) is 6.54 Å². The summed E-state index contributed by atoms with van der Waals surface area (Å²) in [7, 11) is 2.16. The van der Waals surface area contributed by atoms with E-state index in [2.05, 4.69) is 35.3 Å². The van der Waals surface area contributed by atoms with Crippen LogP contribution in [0.4, 0.5) is 0 Å². The maximum absolute atomic E-state index is 6.08. The van der Waals surface area contributed by atoms with Crippen LogP contribution in [0, 0.1) is 5.92 Å². The zero-order valence-corrected chi connectivity index (χ0v) is 11.8. The molecule has 1 heterocycles. The normalized spacial score (nSPS) is 17.7. The number of nitrogens with zero attached hydrogens (tertiary/aromatic N) is 3. The Morgan fingerprint density at radius 2 is 2.22 bits per heavy atom. The third-order valence-corrected chi connectivity index (χ3v) is 3.82. The number of nitrogens with two attached hydrogens (primary N) is 1. The Bertz CT molecular complexity index is 368. The summed E-state index contributed by atoms with van der Waals surface area (Å²) in [6.45, 7) is 6.40. The Kier molecular flexibility index (Phi) is 4.40. The molecule has 18 heavy (non-hydrogen) atoms. The van der Waals surface area contributed by atoms with Gasteiger partial charge in [-0.05, 0) is 38.8 Å². The summed E-state index contributed by atoms with van der Waals surface area (Å²) >= 11 is 0. The average molecular weight is 250 g/mol. The predicted octanol–water partition coefficient (Wildman–Crippen LogP) is 2.02. The molecule has 0 spiro atoms. The standard InChI is InChI=1S/C14H26N4/c1-11(2)14(15)6-7-17(3)9-13-8-16-10-18(13)12-4-5-12/h8,10-12,14H,4-7,9,15H2,1-3H3. The van der Waals surface area contributed by atoms with E-state index in [4.69, 9.17) is 5.73 Å². The Morgan fingerprint density at radius 3 is 2.83 bits per heavy atom. The first-order valence-corrected chi connectivity index (χ1v) is 7.02. The summed E-state index contributed by atoms with van der Waals surface area (Å²) in [4.78, 5) is 6.62. The maximum Gasteiger partial charge on any atom is 0.0951 e. The second kappa shape index (κ2) is 5.85. The SMILES string of the molecule is CC(C)C(N)CCN(C)Cc1cncn1C1CC1. The Labute approximate surface area is 110 Å². The molecule has 2 rings (SSSR count). The summed E-state index contributed by atoms with van der Waals surface area (Å²) in [5.41, 5.74) is 7.41. The third-order valence-electron chi connectivity index (χ3n) is 3.82. The van der Waals surface area contributed by atoms with Gasteiger partial charge in [-0.1, -0.05) is 13.8 Å². The number of hydrogen-bond acceptors (Lipinski definition) is 3. The lowest BCUT2D eigenvalue weighted by molar-refractivity contribution is 0.289. The molecule has 2 N–H and O–H groups in total. The van der Waals surface area contributed by atoms with E-state index in [0.29, 0.717) is 18.0 Å². The van der Waals surface area contributed by atoms with Crippen molar-refractivity contribution in [3.63, 3.8) is 0 Å². The number of rotatable bonds is 7. The van der Waals surface area contributed by atoms with E-state index in [0.717, 1.165) is 19.5 Å². The highest BCUT2D eigenvalue weighted by Crippen LogP contribution is 2.35. The van der Waals surface area contributed by atoms with Crippen LogP contribution in [0.25, 0.3) is 0 Å². The Morgan fingerprint density at radius 1 is 1.50 bits per heavy atom. The third kappa shape index (κ3) is 3.56. The van der Waals surface area contributed by atoms with Crippen molar-refractivity contribution in [2.45, 2.75) is 51.7 Å². The van der Waals surface area contributed by atoms with Gasteiger partial charge < -0.3 is 15.2 Å². The molecule has 4 heteroatoms. The van der Waals surface area contributed by atoms with Crippen LogP contribution in [0.1, 0.15) is 44.8 Å². The van der Waals surface area contributed by atoms with Gasteiger partial charge in [0.2, 0.25) is 0 Å². The molecule has 1 aromatic heterocycles. The highest BCUT2D eigenvalue weighted by Gasteiger charge is 2.25. The quantitative estimate of drug-likeness (QED) is 0.805. The van der Waals surface area contributed by atoms with Gasteiger partial charge in [-0.3, -0.25) is 0 Å². The molecule has 1 aromatic rings. The van der Waals surface area contributed by atoms with Crippen LogP contribution >= 0.6 is 0 Å². The topological polar surface area (TPSA) is 47.1 Å². The van der Waals surface area contributed by atoms with Crippen molar-refractivity contribution in [3.05, 3.63) is 18.2 Å². The predicted molar refractivity (Wildman–Crippen MR) is 74.3 cm³/mol. The first-order valence-electron chi connectivity index (χ1n) is 7.02. The minimum atomic E-state index is 0.306. The molecule has 1 aliphatic rings. The fourth-order valence-electron chi connectivity index (χ4n) is 2.19. The largest absolute Gasteiger partial charge is 0.330 e. The monoisotopic (exact) mass is 250 g/mol. The zero-order chi connectivity index (χ0) is 13.1. The van der Waals surface area contributed by atoms with Crippen molar-refractivity contribution in [2.24, 2.45) is 11.7 Å². The molecule has 1 unspecified atom stereocenters. The van der Waals surface area contributed by atoms with Crippen LogP contribution < -0.4 is 5.73 Å². The fourth-order valence-corrected chi connectivity index (χ4v) is 2.19. The molecule has 1 atom stereocenters. The van der Waals surface area contributed by atoms with Crippen molar-refractivity contribution in [1.29, 1.82) is 0 Å². The van der Waals surface area contributed by atoms with Crippen molar-refractivity contribution in [2.75, 3.05) is 13.6 Å². The van der Waals surface area contributed by atoms with E-state index in [1.54, 1.807) is 0 Å². The van der Waals surface area contributed by atoms with Gasteiger partial charge >= 0.3 is 0 Å². The van der Waals surface area contributed by atoms with Gasteiger partial charge in [0.15, 0.2) is 0 Å². The van der Waals surface area contributed by atoms with Crippen molar-refractivity contribution < 1.29 is 0 Å². The van der Waals surface area contributed by atoms with Crippen LogP contribution in [0.5, 0.6) is 0 Å². The highest BCUT2D eigenvalue weighted by atomic mass is 15.2. The van der Waals surface area contributed by atoms with E-state index >= 15 is 0 Å². The Balaban J connectivity index is 1.79. The zero-order valence-electron chi connectivity index (χ0n) is 11.8. The van der Waals surface area contributed by atoms with Crippen LogP contribution in [-0.4, -0.2) is 34.1 Å². The van der Waals surface area contributed by atoms with Gasteiger partial charge in [0.1, 0.15) is 0 Å². The maximum atomic E-state index is 6.08. The van der Waals surface area contributed by atoms with Gasteiger partial charge in [-0.2, -0.15) is 0 Å². The second-order valence-electron chi connectivity index (χ2n) is 5.96. The molecule has 0 saturated heterocycles. The molecule has 1 fully saturated rings. The summed E-state index contributed by atoms with van der Waals surface area (Å²) < 4.78 is 2.33. The van der Waals surface area contributed by atoms with Gasteiger partial charge in [0, 0.05) is 24.8 Å². The summed E-state index contributed by atoms with van der Waals surface area (Å²) in [5, 5.41) is 0. The number of imidazole rings is 1. The second-order valence-corrected chi connectivity index (χ2v) is 5.96. The van der Waals surface area contributed by atoms with E-state index in [1.165, 1.54) is 18.5 Å². The van der Waals surface area contributed by atoms with E-state index < -0.39 is 0 Å². The molecule has 0 aromatic carbocycles. The van der Waals surface area contributed by atoms with E-state index in [9.17, 15) is 0 Å². The fraction of sp³-hybridized carbons (Fsp3) is 0.786. The van der Waals surface area contributed by atoms with E-state index in [-0.39, 0.29) is 0 Å². The lowest BCUT2D eigenvalue weighted by Gasteiger charge is -2.21. The highest BCUT2D eigenvalue weighted by molar-refractivity contribution is 5.03. The summed E-state index contributed by atoms with van der Waals surface area (Å²) in [6, 6.07) is 1.02. The van der Waals surface area contributed by atoms with Crippen molar-refractivity contribution >= 4 is 0 Å². The van der Waals surface area contributed by atoms with E-state index in [1.807, 2.05) is 12.5 Å². The van der Waals surface area contributed by atoms with Crippen LogP contribution in [0.2, 0.25) is 0 Å². The molecular formula is C14H26N4. The molecule has 102 valence electrons. The van der Waals surface area contributed by atoms with Gasteiger partial charge in [0.05, 0.1) is 12.0 Å². The Hall–Kier alpha value is -0.870. The summed E-state index contributed by atoms with van der Waals surface area (Å²) in [6.07, 6.45) is 7.65. The molecule has 4 nitrogen and oxygen atoms in total. The minimum absolute atomic E-state index is 0.306. The summed E-state index contributed by atoms with van der Waals surface area (Å²) in [5.74, 6) is 0.565. The molecule has 0 amide bonds. The molecule has 0 bridgehead atoms. The average Bonchev–Trinajstić information content (AvgIpc) is 3.07. The first kappa shape index (κ1) is 13.6. The minimum Gasteiger partial charge on any atom is -0.330 e. The smallest absolute Gasteiger partial charge is 0.0951 e. The van der Waals surface area contributed by atoms with Gasteiger partial charge in [0.25, 0.3) is 0 Å². The number of aromatic nitrogens is 2. The molecular weight excluding hydrogens is 224 g/mol. The molecule has 1 aliphatic carbocycles. The lowest BCUT2D eigenvalue weighted by atomic mass is 10.0. The first-order chi connectivity index (χ1) is 8.58. The number of hydrogen-bond donors (Lipinski definition) is 1. The van der Waals surface area contributed by atoms with Gasteiger partial charge in [-0.25, -0.2) is 4.98 Å². The molecule has 1 saturated carbocycles. The van der Waals surface area contributed by atoms with Crippen LogP contribution in [0.3, 0.4) is 0 Å². The molecule has 0 radical (unpaired) electrons. The van der Waals surface area contributed by atoms with Gasteiger partial charge in [-0.15, -0.1) is 0 Å². The van der Waals surface area contributed by atoms with Crippen molar-refractivity contribution in [3.8, 4) is 0 Å². The lowest BCUT2D eigenvalue weighted by Crippen LogP contribution is -2.32.